The smallest absolute Gasteiger partial charge is 0.342 e. The maximum Gasteiger partial charge on any atom is 0.342 e. The van der Waals surface area contributed by atoms with Crippen LogP contribution in [0.3, 0.4) is 0 Å². The van der Waals surface area contributed by atoms with Gasteiger partial charge in [-0.05, 0) is 50.7 Å². The highest BCUT2D eigenvalue weighted by Gasteiger charge is 2.25. The fraction of sp³-hybridized carbons (Fsp3) is 0.421. The second-order valence-corrected chi connectivity index (χ2v) is 8.00. The Morgan fingerprint density at radius 2 is 2.31 bits per heavy atom. The predicted molar refractivity (Wildman–Crippen MR) is 98.7 cm³/mol. The van der Waals surface area contributed by atoms with Crippen LogP contribution >= 0.6 is 11.3 Å². The van der Waals surface area contributed by atoms with E-state index in [0.29, 0.717) is 28.5 Å². The molecule has 3 heterocycles. The molecule has 1 N–H and O–H groups in total. The van der Waals surface area contributed by atoms with Gasteiger partial charge >= 0.3 is 5.97 Å². The second-order valence-electron chi connectivity index (χ2n) is 6.92. The van der Waals surface area contributed by atoms with Gasteiger partial charge in [-0.2, -0.15) is 0 Å². The fourth-order valence-electron chi connectivity index (χ4n) is 3.43. The number of rotatable bonds is 3. The van der Waals surface area contributed by atoms with Crippen molar-refractivity contribution in [1.29, 1.82) is 0 Å². The van der Waals surface area contributed by atoms with E-state index in [1.54, 1.807) is 31.3 Å². The molecule has 6 nitrogen and oxygen atoms in total. The monoisotopic (exact) mass is 372 g/mol. The van der Waals surface area contributed by atoms with E-state index in [4.69, 9.17) is 9.15 Å². The number of thiophene rings is 1. The summed E-state index contributed by atoms with van der Waals surface area (Å²) in [5, 5.41) is 0.699. The van der Waals surface area contributed by atoms with E-state index >= 15 is 0 Å². The van der Waals surface area contributed by atoms with Crippen LogP contribution in [0.4, 0.5) is 0 Å². The molecule has 0 amide bonds. The molecule has 3 aromatic heterocycles. The molecule has 136 valence electrons. The van der Waals surface area contributed by atoms with Crippen molar-refractivity contribution in [3.8, 4) is 0 Å². The van der Waals surface area contributed by atoms with E-state index in [-0.39, 0.29) is 5.56 Å². The van der Waals surface area contributed by atoms with E-state index in [1.807, 2.05) is 0 Å². The molecule has 26 heavy (non-hydrogen) atoms. The van der Waals surface area contributed by atoms with Crippen LogP contribution in [0.25, 0.3) is 10.2 Å². The number of aromatic nitrogens is 2. The molecule has 0 fully saturated rings. The Hall–Kier alpha value is -2.41. The van der Waals surface area contributed by atoms with Crippen LogP contribution < -0.4 is 5.56 Å². The van der Waals surface area contributed by atoms with Crippen molar-refractivity contribution in [3.05, 3.63) is 50.3 Å². The maximum atomic E-state index is 12.6. The lowest BCUT2D eigenvalue weighted by Gasteiger charge is -2.17. The van der Waals surface area contributed by atoms with Crippen LogP contribution in [0.5, 0.6) is 0 Å². The Bertz CT molecular complexity index is 1050. The van der Waals surface area contributed by atoms with Gasteiger partial charge in [-0.1, -0.05) is 6.92 Å². The van der Waals surface area contributed by atoms with Gasteiger partial charge in [0.1, 0.15) is 16.2 Å². The number of nitrogens with zero attached hydrogens (tertiary/aromatic N) is 1. The van der Waals surface area contributed by atoms with Gasteiger partial charge < -0.3 is 14.1 Å². The Labute approximate surface area is 154 Å². The van der Waals surface area contributed by atoms with Crippen LogP contribution in [-0.4, -0.2) is 15.9 Å². The number of aryl methyl sites for hydroxylation is 2. The highest BCUT2D eigenvalue weighted by Crippen LogP contribution is 2.36. The summed E-state index contributed by atoms with van der Waals surface area (Å²) in [4.78, 5) is 34.3. The molecule has 0 bridgehead atoms. The zero-order chi connectivity index (χ0) is 18.4. The molecule has 0 aliphatic heterocycles. The van der Waals surface area contributed by atoms with Gasteiger partial charge in [0.25, 0.3) is 5.56 Å². The molecule has 0 aromatic carbocycles. The molecule has 0 radical (unpaired) electrons. The molecule has 7 heteroatoms. The molecule has 1 aliphatic carbocycles. The summed E-state index contributed by atoms with van der Waals surface area (Å²) in [6.45, 7) is 5.63. The minimum absolute atomic E-state index is 0.153. The van der Waals surface area contributed by atoms with E-state index in [1.165, 1.54) is 11.1 Å². The first-order chi connectivity index (χ1) is 12.4. The summed E-state index contributed by atoms with van der Waals surface area (Å²) in [5.74, 6) is 1.00. The molecule has 4 rings (SSSR count). The second kappa shape index (κ2) is 6.39. The normalized spacial score (nSPS) is 17.9. The Kier molecular flexibility index (Phi) is 4.19. The molecule has 0 saturated carbocycles. The first kappa shape index (κ1) is 17.0. The summed E-state index contributed by atoms with van der Waals surface area (Å²) in [6.07, 6.45) is 3.80. The molecule has 1 aliphatic rings. The number of hydrogen-bond donors (Lipinski definition) is 1. The number of aromatic amines is 1. The summed E-state index contributed by atoms with van der Waals surface area (Å²) in [7, 11) is 0. The van der Waals surface area contributed by atoms with Crippen molar-refractivity contribution in [1.82, 2.24) is 9.97 Å². The van der Waals surface area contributed by atoms with Crippen LogP contribution in [0, 0.1) is 12.8 Å². The van der Waals surface area contributed by atoms with Crippen LogP contribution in [-0.2, 0) is 17.6 Å². The summed E-state index contributed by atoms with van der Waals surface area (Å²) in [5.41, 5.74) is 1.36. The number of carbonyl (C=O) groups excluding carboxylic acids is 1. The van der Waals surface area contributed by atoms with E-state index < -0.39 is 12.1 Å². The largest absolute Gasteiger partial charge is 0.469 e. The average molecular weight is 372 g/mol. The number of carbonyl (C=O) groups is 1. The molecular formula is C19H20N2O4S. The highest BCUT2D eigenvalue weighted by molar-refractivity contribution is 7.18. The zero-order valence-corrected chi connectivity index (χ0v) is 15.7. The molecule has 2 atom stereocenters. The van der Waals surface area contributed by atoms with Crippen LogP contribution in [0.2, 0.25) is 0 Å². The summed E-state index contributed by atoms with van der Waals surface area (Å²) in [6, 6.07) is 1.57. The molecular weight excluding hydrogens is 352 g/mol. The fourth-order valence-corrected chi connectivity index (χ4v) is 4.83. The third-order valence-corrected chi connectivity index (χ3v) is 6.08. The Morgan fingerprint density at radius 1 is 1.50 bits per heavy atom. The van der Waals surface area contributed by atoms with Crippen molar-refractivity contribution in [3.63, 3.8) is 0 Å². The van der Waals surface area contributed by atoms with E-state index in [0.717, 1.165) is 29.7 Å². The average Bonchev–Trinajstić information content (AvgIpc) is 3.17. The maximum absolute atomic E-state index is 12.6. The van der Waals surface area contributed by atoms with Gasteiger partial charge in [0.2, 0.25) is 0 Å². The van der Waals surface area contributed by atoms with Gasteiger partial charge in [0.15, 0.2) is 11.9 Å². The zero-order valence-electron chi connectivity index (χ0n) is 14.9. The first-order valence-electron chi connectivity index (χ1n) is 8.73. The highest BCUT2D eigenvalue weighted by atomic mass is 32.1. The summed E-state index contributed by atoms with van der Waals surface area (Å²) < 4.78 is 10.6. The minimum Gasteiger partial charge on any atom is -0.469 e. The SMILES string of the molecule is Cc1occc1C(=O)O[C@@H](C)c1nc2sc3c(c2c(=O)[nH]1)CC[C@H](C)C3. The summed E-state index contributed by atoms with van der Waals surface area (Å²) >= 11 is 1.58. The van der Waals surface area contributed by atoms with Crippen molar-refractivity contribution in [2.24, 2.45) is 5.92 Å². The number of H-pyrrole nitrogens is 1. The van der Waals surface area contributed by atoms with Crippen LogP contribution in [0.15, 0.2) is 21.5 Å². The van der Waals surface area contributed by atoms with Gasteiger partial charge in [-0.15, -0.1) is 11.3 Å². The third-order valence-electron chi connectivity index (χ3n) is 4.93. The number of fused-ring (bicyclic) bond motifs is 3. The van der Waals surface area contributed by atoms with E-state index in [2.05, 4.69) is 16.9 Å². The number of furan rings is 1. The van der Waals surface area contributed by atoms with Crippen molar-refractivity contribution in [2.45, 2.75) is 46.1 Å². The minimum atomic E-state index is -0.660. The lowest BCUT2D eigenvalue weighted by atomic mass is 9.89. The number of hydrogen-bond acceptors (Lipinski definition) is 6. The topological polar surface area (TPSA) is 85.2 Å². The molecule has 3 aromatic rings. The lowest BCUT2D eigenvalue weighted by molar-refractivity contribution is 0.0318. The van der Waals surface area contributed by atoms with Crippen LogP contribution in [0.1, 0.15) is 58.8 Å². The molecule has 0 saturated heterocycles. The standard InChI is InChI=1S/C19H20N2O4S/c1-9-4-5-13-14(8-9)26-18-15(13)17(22)20-16(21-18)11(3)25-19(23)12-6-7-24-10(12)2/h6-7,9,11H,4-5,8H2,1-3H3,(H,20,21,22)/t9-,11-/m0/s1. The molecule has 0 unspecified atom stereocenters. The van der Waals surface area contributed by atoms with Gasteiger partial charge in [-0.25, -0.2) is 9.78 Å². The van der Waals surface area contributed by atoms with Crippen molar-refractivity contribution in [2.75, 3.05) is 0 Å². The number of esters is 1. The van der Waals surface area contributed by atoms with E-state index in [9.17, 15) is 9.59 Å². The van der Waals surface area contributed by atoms with Crippen molar-refractivity contribution >= 4 is 27.5 Å². The van der Waals surface area contributed by atoms with Gasteiger partial charge in [-0.3, -0.25) is 4.79 Å². The Balaban J connectivity index is 1.66. The van der Waals surface area contributed by atoms with Gasteiger partial charge in [0.05, 0.1) is 11.6 Å². The first-order valence-corrected chi connectivity index (χ1v) is 9.55. The lowest BCUT2D eigenvalue weighted by Crippen LogP contribution is -2.18. The Morgan fingerprint density at radius 3 is 3.04 bits per heavy atom. The number of ether oxygens (including phenoxy) is 1. The quantitative estimate of drug-likeness (QED) is 0.704. The number of nitrogens with one attached hydrogen (secondary N) is 1. The van der Waals surface area contributed by atoms with Gasteiger partial charge in [0, 0.05) is 4.88 Å². The molecule has 0 spiro atoms. The third kappa shape index (κ3) is 2.86. The predicted octanol–water partition coefficient (Wildman–Crippen LogP) is 3.93. The van der Waals surface area contributed by atoms with Crippen molar-refractivity contribution < 1.29 is 13.9 Å².